The van der Waals surface area contributed by atoms with Crippen molar-refractivity contribution in [3.8, 4) is 0 Å². The molecular weight excluding hydrogens is 178 g/mol. The van der Waals surface area contributed by atoms with Gasteiger partial charge in [0.2, 0.25) is 0 Å². The fourth-order valence-electron chi connectivity index (χ4n) is 0.829. The molecule has 1 heterocycles. The minimum Gasteiger partial charge on any atom is -0.370 e. The summed E-state index contributed by atoms with van der Waals surface area (Å²) < 4.78 is 0. The second-order valence-corrected chi connectivity index (χ2v) is 6.49. The molecule has 7 N–H and O–H groups in total. The molecule has 0 fully saturated rings. The summed E-state index contributed by atoms with van der Waals surface area (Å²) in [5.41, 5.74) is 5.13. The first kappa shape index (κ1) is 9.59. The van der Waals surface area contributed by atoms with E-state index in [1.807, 2.05) is 12.5 Å². The van der Waals surface area contributed by atoms with Crippen molar-refractivity contribution < 1.29 is 5.11 Å². The van der Waals surface area contributed by atoms with Crippen LogP contribution in [0.4, 0.5) is 0 Å². The van der Waals surface area contributed by atoms with E-state index in [1.165, 1.54) is 0 Å². The quantitative estimate of drug-likeness (QED) is 0.331. The Labute approximate surface area is 72.9 Å². The van der Waals surface area contributed by atoms with Crippen molar-refractivity contribution in [1.82, 2.24) is 10.6 Å². The predicted molar refractivity (Wildman–Crippen MR) is 51.3 cm³/mol. The summed E-state index contributed by atoms with van der Waals surface area (Å²) in [5.74, 6) is 0.220. The molecule has 0 saturated heterocycles. The first-order chi connectivity index (χ1) is 5.39. The molecule has 1 rings (SSSR count). The average Bonchev–Trinajstić information content (AvgIpc) is 1.82. The Balaban J connectivity index is 2.73. The number of nitrogens with zero attached hydrogens (tertiary/aromatic N) is 1. The molecule has 0 saturated carbocycles. The number of guanidine groups is 1. The third kappa shape index (κ3) is 2.24. The van der Waals surface area contributed by atoms with Gasteiger partial charge in [-0.2, -0.15) is 10.2 Å². The SMILES string of the molecule is CS(C)(N)C1N=C(N)NC(O)N1. The lowest BCUT2D eigenvalue weighted by molar-refractivity contribution is 0.113. The van der Waals surface area contributed by atoms with Crippen LogP contribution in [0.5, 0.6) is 0 Å². The molecule has 6 nitrogen and oxygen atoms in total. The second-order valence-electron chi connectivity index (χ2n) is 3.07. The van der Waals surface area contributed by atoms with Gasteiger partial charge in [-0.15, -0.1) is 0 Å². The molecule has 12 heavy (non-hydrogen) atoms. The van der Waals surface area contributed by atoms with Crippen LogP contribution in [-0.2, 0) is 0 Å². The molecule has 1 aliphatic heterocycles. The zero-order chi connectivity index (χ0) is 9.35. The highest BCUT2D eigenvalue weighted by atomic mass is 32.3. The lowest BCUT2D eigenvalue weighted by atomic mass is 10.7. The van der Waals surface area contributed by atoms with Crippen molar-refractivity contribution in [2.45, 2.75) is 11.8 Å². The number of aliphatic hydroxyl groups excluding tert-OH is 1. The normalized spacial score (nSPS) is 32.2. The van der Waals surface area contributed by atoms with E-state index < -0.39 is 16.6 Å². The summed E-state index contributed by atoms with van der Waals surface area (Å²) in [5, 5.41) is 20.3. The average molecular weight is 193 g/mol. The van der Waals surface area contributed by atoms with Crippen LogP contribution in [-0.4, -0.2) is 35.4 Å². The third-order valence-corrected chi connectivity index (χ3v) is 2.81. The van der Waals surface area contributed by atoms with E-state index in [9.17, 15) is 5.11 Å². The number of hydrogen-bond acceptors (Lipinski definition) is 6. The number of rotatable bonds is 1. The minimum absolute atomic E-state index is 0.220. The zero-order valence-corrected chi connectivity index (χ0v) is 7.93. The van der Waals surface area contributed by atoms with Crippen LogP contribution in [0, 0.1) is 0 Å². The van der Waals surface area contributed by atoms with E-state index in [1.54, 1.807) is 0 Å². The van der Waals surface area contributed by atoms with Gasteiger partial charge >= 0.3 is 0 Å². The Bertz CT molecular complexity index is 201. The van der Waals surface area contributed by atoms with Crippen LogP contribution in [0.3, 0.4) is 0 Å². The predicted octanol–water partition coefficient (Wildman–Crippen LogP) is -2.01. The number of nitrogens with one attached hydrogen (secondary N) is 2. The molecule has 0 radical (unpaired) electrons. The van der Waals surface area contributed by atoms with Crippen molar-refractivity contribution in [3.05, 3.63) is 0 Å². The van der Waals surface area contributed by atoms with Gasteiger partial charge in [0, 0.05) is 0 Å². The van der Waals surface area contributed by atoms with Crippen molar-refractivity contribution in [2.75, 3.05) is 12.5 Å². The molecular formula is C5H15N5OS. The number of hydrogen-bond donors (Lipinski definition) is 5. The highest BCUT2D eigenvalue weighted by Crippen LogP contribution is 2.35. The topological polar surface area (TPSA) is 109 Å². The van der Waals surface area contributed by atoms with Crippen molar-refractivity contribution in [1.29, 1.82) is 0 Å². The standard InChI is InChI=1S/C5H15N5OS/c1-12(2,7)5-9-3(6)8-4(11)10-5/h4-5,10-11H,7H2,1-2H3,(H3,6,8,9). The largest absolute Gasteiger partial charge is 0.370 e. The molecule has 0 amide bonds. The van der Waals surface area contributed by atoms with Gasteiger partial charge in [0.1, 0.15) is 5.50 Å². The second kappa shape index (κ2) is 3.09. The first-order valence-corrected chi connectivity index (χ1v) is 6.01. The van der Waals surface area contributed by atoms with Crippen LogP contribution >= 0.6 is 10.2 Å². The van der Waals surface area contributed by atoms with Crippen LogP contribution in [0.25, 0.3) is 0 Å². The van der Waals surface area contributed by atoms with Gasteiger partial charge in [0.25, 0.3) is 0 Å². The van der Waals surface area contributed by atoms with E-state index in [4.69, 9.17) is 10.9 Å². The van der Waals surface area contributed by atoms with Gasteiger partial charge in [0.15, 0.2) is 12.3 Å². The van der Waals surface area contributed by atoms with Gasteiger partial charge in [-0.1, -0.05) is 0 Å². The fourth-order valence-corrected chi connectivity index (χ4v) is 1.69. The molecule has 0 aromatic rings. The lowest BCUT2D eigenvalue weighted by Crippen LogP contribution is -2.58. The molecule has 0 aromatic carbocycles. The molecule has 72 valence electrons. The summed E-state index contributed by atoms with van der Waals surface area (Å²) >= 11 is 0. The molecule has 0 bridgehead atoms. The van der Waals surface area contributed by atoms with Gasteiger partial charge in [0.05, 0.1) is 0 Å². The molecule has 7 heteroatoms. The van der Waals surface area contributed by atoms with Gasteiger partial charge < -0.3 is 16.2 Å². The summed E-state index contributed by atoms with van der Waals surface area (Å²) in [6.45, 7) is 0. The molecule has 0 spiro atoms. The number of nitrogens with two attached hydrogens (primary N) is 2. The van der Waals surface area contributed by atoms with Crippen molar-refractivity contribution in [2.24, 2.45) is 15.9 Å². The summed E-state index contributed by atoms with van der Waals surface area (Å²) in [6.07, 6.45) is 2.92. The van der Waals surface area contributed by atoms with E-state index in [-0.39, 0.29) is 11.5 Å². The Hall–Kier alpha value is -0.500. The fraction of sp³-hybridized carbons (Fsp3) is 0.800. The van der Waals surface area contributed by atoms with Crippen LogP contribution in [0.1, 0.15) is 0 Å². The molecule has 1 aliphatic rings. The van der Waals surface area contributed by atoms with Crippen LogP contribution < -0.4 is 21.5 Å². The molecule has 0 aliphatic carbocycles. The van der Waals surface area contributed by atoms with Gasteiger partial charge in [-0.3, -0.25) is 5.14 Å². The van der Waals surface area contributed by atoms with E-state index in [0.29, 0.717) is 0 Å². The zero-order valence-electron chi connectivity index (χ0n) is 7.11. The molecule has 2 unspecified atom stereocenters. The Kier molecular flexibility index (Phi) is 2.47. The molecule has 2 atom stereocenters. The number of aliphatic imine (C=N–C) groups is 1. The van der Waals surface area contributed by atoms with Crippen LogP contribution in [0.2, 0.25) is 0 Å². The third-order valence-electron chi connectivity index (χ3n) is 1.42. The van der Waals surface area contributed by atoms with E-state index >= 15 is 0 Å². The lowest BCUT2D eigenvalue weighted by Gasteiger charge is -2.37. The minimum atomic E-state index is -1.37. The van der Waals surface area contributed by atoms with Gasteiger partial charge in [-0.25, -0.2) is 10.3 Å². The van der Waals surface area contributed by atoms with Crippen molar-refractivity contribution >= 4 is 16.2 Å². The maximum Gasteiger partial charge on any atom is 0.194 e. The Morgan fingerprint density at radius 1 is 1.58 bits per heavy atom. The van der Waals surface area contributed by atoms with Crippen molar-refractivity contribution in [3.63, 3.8) is 0 Å². The number of aliphatic hydroxyl groups is 1. The monoisotopic (exact) mass is 193 g/mol. The highest BCUT2D eigenvalue weighted by Gasteiger charge is 2.26. The molecule has 0 aromatic heterocycles. The smallest absolute Gasteiger partial charge is 0.194 e. The Morgan fingerprint density at radius 3 is 2.58 bits per heavy atom. The highest BCUT2D eigenvalue weighted by molar-refractivity contribution is 8.31. The first-order valence-electron chi connectivity index (χ1n) is 3.43. The summed E-state index contributed by atoms with van der Waals surface area (Å²) in [4.78, 5) is 4.03. The van der Waals surface area contributed by atoms with E-state index in [2.05, 4.69) is 15.6 Å². The summed E-state index contributed by atoms with van der Waals surface area (Å²) in [7, 11) is -1.37. The Morgan fingerprint density at radius 2 is 2.17 bits per heavy atom. The van der Waals surface area contributed by atoms with E-state index in [0.717, 1.165) is 0 Å². The van der Waals surface area contributed by atoms with Gasteiger partial charge in [-0.05, 0) is 12.5 Å². The summed E-state index contributed by atoms with van der Waals surface area (Å²) in [6, 6.07) is 0. The maximum atomic E-state index is 9.19. The van der Waals surface area contributed by atoms with Crippen LogP contribution in [0.15, 0.2) is 4.99 Å². The maximum absolute atomic E-state index is 9.19.